The fourth-order valence-corrected chi connectivity index (χ4v) is 2.59. The standard InChI is InChI=1S/C12H9N3OS/c16-11-8-3-1-2-4-9(8)17-10(11)7-15-12-13-5-6-14-12/h1-7H,(H2,13,14,15)/b10-7-. The Kier molecular flexibility index (Phi) is 2.45. The van der Waals surface area contributed by atoms with Crippen molar-refractivity contribution in [2.75, 3.05) is 5.32 Å². The Morgan fingerprint density at radius 1 is 1.35 bits per heavy atom. The zero-order chi connectivity index (χ0) is 11.7. The minimum atomic E-state index is 0.0599. The highest BCUT2D eigenvalue weighted by molar-refractivity contribution is 8.04. The highest BCUT2D eigenvalue weighted by atomic mass is 32.2. The Morgan fingerprint density at radius 2 is 2.24 bits per heavy atom. The van der Waals surface area contributed by atoms with E-state index in [-0.39, 0.29) is 5.78 Å². The van der Waals surface area contributed by atoms with Gasteiger partial charge in [0, 0.05) is 29.1 Å². The third-order valence-corrected chi connectivity index (χ3v) is 3.51. The van der Waals surface area contributed by atoms with Crippen LogP contribution in [0.4, 0.5) is 5.95 Å². The number of benzene rings is 1. The van der Waals surface area contributed by atoms with Crippen LogP contribution < -0.4 is 5.32 Å². The van der Waals surface area contributed by atoms with Crippen LogP contribution in [0.25, 0.3) is 0 Å². The lowest BCUT2D eigenvalue weighted by Crippen LogP contribution is -1.98. The normalized spacial score (nSPS) is 16.2. The number of imidazole rings is 1. The summed E-state index contributed by atoms with van der Waals surface area (Å²) < 4.78 is 0. The second-order valence-corrected chi connectivity index (χ2v) is 4.60. The number of hydrogen-bond acceptors (Lipinski definition) is 4. The highest BCUT2D eigenvalue weighted by Crippen LogP contribution is 2.39. The number of anilines is 1. The molecule has 1 aliphatic heterocycles. The van der Waals surface area contributed by atoms with Gasteiger partial charge in [0.2, 0.25) is 11.7 Å². The molecule has 84 valence electrons. The molecule has 0 spiro atoms. The molecule has 4 nitrogen and oxygen atoms in total. The molecule has 1 aromatic heterocycles. The first kappa shape index (κ1) is 10.2. The molecule has 1 aromatic carbocycles. The van der Waals surface area contributed by atoms with E-state index in [0.717, 1.165) is 10.5 Å². The lowest BCUT2D eigenvalue weighted by molar-refractivity contribution is 0.104. The summed E-state index contributed by atoms with van der Waals surface area (Å²) in [6, 6.07) is 7.60. The summed E-state index contributed by atoms with van der Waals surface area (Å²) in [5, 5.41) is 2.96. The van der Waals surface area contributed by atoms with Gasteiger partial charge in [0.1, 0.15) is 0 Å². The van der Waals surface area contributed by atoms with E-state index in [0.29, 0.717) is 10.9 Å². The number of carbonyl (C=O) groups is 1. The molecule has 0 aliphatic carbocycles. The number of aromatic amines is 1. The van der Waals surface area contributed by atoms with Crippen LogP contribution in [0.2, 0.25) is 0 Å². The molecule has 5 heteroatoms. The van der Waals surface area contributed by atoms with E-state index in [1.807, 2.05) is 24.3 Å². The smallest absolute Gasteiger partial charge is 0.204 e. The number of fused-ring (bicyclic) bond motifs is 1. The predicted octanol–water partition coefficient (Wildman–Crippen LogP) is 2.65. The van der Waals surface area contributed by atoms with Gasteiger partial charge in [-0.15, -0.1) is 0 Å². The number of allylic oxidation sites excluding steroid dienone is 1. The number of nitrogens with one attached hydrogen (secondary N) is 2. The van der Waals surface area contributed by atoms with Crippen molar-refractivity contribution in [1.29, 1.82) is 0 Å². The fourth-order valence-electron chi connectivity index (χ4n) is 1.61. The maximum atomic E-state index is 12.0. The van der Waals surface area contributed by atoms with Gasteiger partial charge in [-0.25, -0.2) is 4.98 Å². The minimum Gasteiger partial charge on any atom is -0.331 e. The average Bonchev–Trinajstić information content (AvgIpc) is 2.96. The van der Waals surface area contributed by atoms with Gasteiger partial charge in [0.25, 0.3) is 0 Å². The maximum Gasteiger partial charge on any atom is 0.204 e. The highest BCUT2D eigenvalue weighted by Gasteiger charge is 2.25. The van der Waals surface area contributed by atoms with E-state index >= 15 is 0 Å². The van der Waals surface area contributed by atoms with E-state index in [9.17, 15) is 4.79 Å². The number of aromatic nitrogens is 2. The largest absolute Gasteiger partial charge is 0.331 e. The number of ketones is 1. The quantitative estimate of drug-likeness (QED) is 0.796. The number of hydrogen-bond donors (Lipinski definition) is 2. The van der Waals surface area contributed by atoms with Gasteiger partial charge in [-0.2, -0.15) is 0 Å². The van der Waals surface area contributed by atoms with E-state index < -0.39 is 0 Å². The zero-order valence-corrected chi connectivity index (χ0v) is 9.62. The molecule has 0 saturated carbocycles. The number of carbonyl (C=O) groups excluding carboxylic acids is 1. The van der Waals surface area contributed by atoms with Crippen LogP contribution in [0.1, 0.15) is 10.4 Å². The molecule has 0 radical (unpaired) electrons. The van der Waals surface area contributed by atoms with Crippen molar-refractivity contribution in [2.24, 2.45) is 0 Å². The van der Waals surface area contributed by atoms with Crippen molar-refractivity contribution in [3.63, 3.8) is 0 Å². The lowest BCUT2D eigenvalue weighted by Gasteiger charge is -1.96. The summed E-state index contributed by atoms with van der Waals surface area (Å²) in [6.45, 7) is 0. The maximum absolute atomic E-state index is 12.0. The Labute approximate surface area is 102 Å². The third kappa shape index (κ3) is 1.85. The SMILES string of the molecule is O=C1/C(=C/Nc2ncc[nH]2)Sc2ccccc21. The molecule has 0 atom stereocenters. The number of nitrogens with zero attached hydrogens (tertiary/aromatic N) is 1. The fraction of sp³-hybridized carbons (Fsp3) is 0. The molecule has 0 amide bonds. The minimum absolute atomic E-state index is 0.0599. The average molecular weight is 243 g/mol. The second kappa shape index (κ2) is 4.10. The van der Waals surface area contributed by atoms with Crippen LogP contribution >= 0.6 is 11.8 Å². The van der Waals surface area contributed by atoms with E-state index in [1.165, 1.54) is 11.8 Å². The van der Waals surface area contributed by atoms with Crippen LogP contribution in [0, 0.1) is 0 Å². The van der Waals surface area contributed by atoms with Crippen molar-refractivity contribution < 1.29 is 4.79 Å². The molecule has 3 rings (SSSR count). The van der Waals surface area contributed by atoms with Crippen LogP contribution in [0.5, 0.6) is 0 Å². The van der Waals surface area contributed by atoms with Crippen molar-refractivity contribution in [3.8, 4) is 0 Å². The van der Waals surface area contributed by atoms with Gasteiger partial charge in [0.05, 0.1) is 4.91 Å². The first-order chi connectivity index (χ1) is 8.34. The molecule has 2 N–H and O–H groups in total. The van der Waals surface area contributed by atoms with Gasteiger partial charge in [0.15, 0.2) is 0 Å². The summed E-state index contributed by atoms with van der Waals surface area (Å²) in [7, 11) is 0. The molecular weight excluding hydrogens is 234 g/mol. The summed E-state index contributed by atoms with van der Waals surface area (Å²) >= 11 is 1.47. The molecule has 17 heavy (non-hydrogen) atoms. The van der Waals surface area contributed by atoms with Crippen LogP contribution in [-0.2, 0) is 0 Å². The van der Waals surface area contributed by atoms with Crippen molar-refractivity contribution in [1.82, 2.24) is 9.97 Å². The third-order valence-electron chi connectivity index (χ3n) is 2.41. The van der Waals surface area contributed by atoms with Crippen LogP contribution in [0.3, 0.4) is 0 Å². The molecule has 2 aromatic rings. The van der Waals surface area contributed by atoms with Gasteiger partial charge in [-0.05, 0) is 12.1 Å². The van der Waals surface area contributed by atoms with Gasteiger partial charge in [-0.3, -0.25) is 4.79 Å². The molecule has 0 bridgehead atoms. The van der Waals surface area contributed by atoms with E-state index in [1.54, 1.807) is 18.6 Å². The second-order valence-electron chi connectivity index (χ2n) is 3.52. The molecule has 1 aliphatic rings. The molecule has 0 unspecified atom stereocenters. The first-order valence-corrected chi connectivity index (χ1v) is 5.94. The monoisotopic (exact) mass is 243 g/mol. The van der Waals surface area contributed by atoms with Gasteiger partial charge in [-0.1, -0.05) is 23.9 Å². The van der Waals surface area contributed by atoms with Gasteiger partial charge >= 0.3 is 0 Å². The van der Waals surface area contributed by atoms with Crippen LogP contribution in [0.15, 0.2) is 52.7 Å². The van der Waals surface area contributed by atoms with E-state index in [2.05, 4.69) is 15.3 Å². The summed E-state index contributed by atoms with van der Waals surface area (Å²) in [6.07, 6.45) is 5.06. The number of Topliss-reactive ketones (excluding diaryl/α,β-unsaturated/α-hetero) is 1. The van der Waals surface area contributed by atoms with Crippen molar-refractivity contribution >= 4 is 23.5 Å². The molecule has 0 fully saturated rings. The number of rotatable bonds is 2. The summed E-state index contributed by atoms with van der Waals surface area (Å²) in [5.41, 5.74) is 0.769. The Morgan fingerprint density at radius 3 is 3.00 bits per heavy atom. The molecule has 2 heterocycles. The lowest BCUT2D eigenvalue weighted by atomic mass is 10.1. The zero-order valence-electron chi connectivity index (χ0n) is 8.81. The van der Waals surface area contributed by atoms with Crippen LogP contribution in [-0.4, -0.2) is 15.8 Å². The number of H-pyrrole nitrogens is 1. The predicted molar refractivity (Wildman–Crippen MR) is 66.9 cm³/mol. The van der Waals surface area contributed by atoms with Crippen molar-refractivity contribution in [3.05, 3.63) is 53.3 Å². The molecular formula is C12H9N3OS. The van der Waals surface area contributed by atoms with Crippen molar-refractivity contribution in [2.45, 2.75) is 4.90 Å². The first-order valence-electron chi connectivity index (χ1n) is 5.12. The topological polar surface area (TPSA) is 57.8 Å². The Bertz CT molecular complexity index is 590. The summed E-state index contributed by atoms with van der Waals surface area (Å²) in [5.74, 6) is 0.687. The van der Waals surface area contributed by atoms with Gasteiger partial charge < -0.3 is 10.3 Å². The Balaban J connectivity index is 1.84. The molecule has 0 saturated heterocycles. The number of thioether (sulfide) groups is 1. The van der Waals surface area contributed by atoms with E-state index in [4.69, 9.17) is 0 Å². The Hall–Kier alpha value is -2.01. The summed E-state index contributed by atoms with van der Waals surface area (Å²) in [4.78, 5) is 20.6.